The predicted octanol–water partition coefficient (Wildman–Crippen LogP) is 2.70. The van der Waals surface area contributed by atoms with E-state index in [-0.39, 0.29) is 5.56 Å². The van der Waals surface area contributed by atoms with Crippen molar-refractivity contribution in [3.63, 3.8) is 0 Å². The number of hydrogen-bond acceptors (Lipinski definition) is 3. The highest BCUT2D eigenvalue weighted by Crippen LogP contribution is 2.23. The number of rotatable bonds is 2. The number of aromatic amines is 1. The second kappa shape index (κ2) is 4.33. The van der Waals surface area contributed by atoms with Crippen LogP contribution < -0.4 is 5.56 Å². The summed E-state index contributed by atoms with van der Waals surface area (Å²) in [6.07, 6.45) is 1.65. The van der Waals surface area contributed by atoms with Crippen molar-refractivity contribution < 1.29 is 4.42 Å². The molecule has 4 heteroatoms. The van der Waals surface area contributed by atoms with E-state index >= 15 is 0 Å². The Labute approximate surface area is 103 Å². The lowest BCUT2D eigenvalue weighted by molar-refractivity contribution is 0.582. The molecular formula is C14H10N2O2. The summed E-state index contributed by atoms with van der Waals surface area (Å²) in [7, 11) is 0. The summed E-state index contributed by atoms with van der Waals surface area (Å²) in [4.78, 5) is 10.9. The van der Waals surface area contributed by atoms with Gasteiger partial charge in [-0.1, -0.05) is 24.3 Å². The molecule has 0 saturated carbocycles. The highest BCUT2D eigenvalue weighted by molar-refractivity contribution is 5.65. The van der Waals surface area contributed by atoms with Crippen LogP contribution in [0, 0.1) is 0 Å². The zero-order valence-electron chi connectivity index (χ0n) is 9.46. The van der Waals surface area contributed by atoms with Crippen molar-refractivity contribution in [1.82, 2.24) is 10.2 Å². The molecule has 0 radical (unpaired) electrons. The van der Waals surface area contributed by atoms with Crippen LogP contribution in [0.1, 0.15) is 0 Å². The van der Waals surface area contributed by atoms with Crippen LogP contribution in [0.4, 0.5) is 0 Å². The monoisotopic (exact) mass is 238 g/mol. The Kier molecular flexibility index (Phi) is 2.53. The molecule has 0 fully saturated rings. The normalized spacial score (nSPS) is 10.4. The number of aromatic nitrogens is 2. The number of nitrogens with zero attached hydrogens (tertiary/aromatic N) is 1. The van der Waals surface area contributed by atoms with E-state index < -0.39 is 0 Å². The molecule has 0 aliphatic rings. The van der Waals surface area contributed by atoms with E-state index in [1.807, 2.05) is 36.4 Å². The molecular weight excluding hydrogens is 228 g/mol. The van der Waals surface area contributed by atoms with Crippen molar-refractivity contribution in [2.24, 2.45) is 0 Å². The molecule has 4 nitrogen and oxygen atoms in total. The average molecular weight is 238 g/mol. The predicted molar refractivity (Wildman–Crippen MR) is 68.0 cm³/mol. The van der Waals surface area contributed by atoms with Crippen molar-refractivity contribution in [2.75, 3.05) is 0 Å². The molecule has 0 aliphatic carbocycles. The summed E-state index contributed by atoms with van der Waals surface area (Å²) in [5.74, 6) is 0.830. The summed E-state index contributed by atoms with van der Waals surface area (Å²) in [6, 6.07) is 14.7. The van der Waals surface area contributed by atoms with Gasteiger partial charge >= 0.3 is 0 Å². The van der Waals surface area contributed by atoms with E-state index in [2.05, 4.69) is 10.2 Å². The van der Waals surface area contributed by atoms with Gasteiger partial charge in [0.05, 0.1) is 12.0 Å². The Hall–Kier alpha value is -2.62. The van der Waals surface area contributed by atoms with Crippen LogP contribution in [-0.4, -0.2) is 10.2 Å². The van der Waals surface area contributed by atoms with Gasteiger partial charge in [0, 0.05) is 17.2 Å². The summed E-state index contributed by atoms with van der Waals surface area (Å²) in [5.41, 5.74) is 2.49. The largest absolute Gasteiger partial charge is 0.464 e. The highest BCUT2D eigenvalue weighted by Gasteiger charge is 2.02. The summed E-state index contributed by atoms with van der Waals surface area (Å²) >= 11 is 0. The number of nitrogens with one attached hydrogen (secondary N) is 1. The highest BCUT2D eigenvalue weighted by atomic mass is 16.3. The minimum Gasteiger partial charge on any atom is -0.464 e. The van der Waals surface area contributed by atoms with Crippen LogP contribution in [0.5, 0.6) is 0 Å². The Bertz CT molecular complexity index is 677. The fourth-order valence-corrected chi connectivity index (χ4v) is 1.75. The first kappa shape index (κ1) is 10.5. The van der Waals surface area contributed by atoms with Gasteiger partial charge < -0.3 is 4.42 Å². The first-order valence-corrected chi connectivity index (χ1v) is 5.53. The second-order valence-electron chi connectivity index (χ2n) is 3.86. The van der Waals surface area contributed by atoms with Gasteiger partial charge in [-0.2, -0.15) is 5.10 Å². The van der Waals surface area contributed by atoms with Gasteiger partial charge in [-0.05, 0) is 18.2 Å². The van der Waals surface area contributed by atoms with Crippen molar-refractivity contribution in [3.05, 3.63) is 65.1 Å². The number of furan rings is 1. The molecule has 0 bridgehead atoms. The lowest BCUT2D eigenvalue weighted by Crippen LogP contribution is -2.05. The molecule has 18 heavy (non-hydrogen) atoms. The molecule has 3 aromatic rings. The van der Waals surface area contributed by atoms with Gasteiger partial charge in [-0.25, -0.2) is 5.10 Å². The first-order chi connectivity index (χ1) is 8.83. The minimum atomic E-state index is -0.203. The maximum absolute atomic E-state index is 10.9. The van der Waals surface area contributed by atoms with Crippen LogP contribution in [0.3, 0.4) is 0 Å². The Morgan fingerprint density at radius 3 is 2.33 bits per heavy atom. The number of H-pyrrole nitrogens is 1. The molecule has 0 saturated heterocycles. The van der Waals surface area contributed by atoms with Crippen molar-refractivity contribution in [2.45, 2.75) is 0 Å². The third-order valence-electron chi connectivity index (χ3n) is 2.67. The van der Waals surface area contributed by atoms with Crippen molar-refractivity contribution >= 4 is 0 Å². The zero-order valence-corrected chi connectivity index (χ0v) is 9.46. The molecule has 0 unspecified atom stereocenters. The molecule has 0 atom stereocenters. The van der Waals surface area contributed by atoms with Gasteiger partial charge in [0.1, 0.15) is 5.76 Å². The molecule has 0 spiro atoms. The van der Waals surface area contributed by atoms with E-state index in [1.54, 1.807) is 12.3 Å². The molecule has 0 amide bonds. The molecule has 1 N–H and O–H groups in total. The Balaban J connectivity index is 1.96. The van der Waals surface area contributed by atoms with Crippen LogP contribution in [0.2, 0.25) is 0 Å². The second-order valence-corrected chi connectivity index (χ2v) is 3.86. The molecule has 0 aliphatic heterocycles. The first-order valence-electron chi connectivity index (χ1n) is 5.53. The van der Waals surface area contributed by atoms with Gasteiger partial charge in [-0.15, -0.1) is 0 Å². The third kappa shape index (κ3) is 1.96. The fourth-order valence-electron chi connectivity index (χ4n) is 1.75. The quantitative estimate of drug-likeness (QED) is 0.746. The molecule has 3 rings (SSSR count). The minimum absolute atomic E-state index is 0.203. The summed E-state index contributed by atoms with van der Waals surface area (Å²) in [6.45, 7) is 0. The van der Waals surface area contributed by atoms with E-state index in [4.69, 9.17) is 4.42 Å². The van der Waals surface area contributed by atoms with Crippen molar-refractivity contribution in [3.8, 4) is 22.6 Å². The Morgan fingerprint density at radius 1 is 0.944 bits per heavy atom. The number of hydrogen-bond donors (Lipinski definition) is 1. The molecule has 88 valence electrons. The van der Waals surface area contributed by atoms with E-state index in [0.29, 0.717) is 0 Å². The van der Waals surface area contributed by atoms with Crippen LogP contribution in [-0.2, 0) is 0 Å². The fraction of sp³-hybridized carbons (Fsp3) is 0. The van der Waals surface area contributed by atoms with Crippen molar-refractivity contribution in [1.29, 1.82) is 0 Å². The zero-order chi connectivity index (χ0) is 12.4. The van der Waals surface area contributed by atoms with E-state index in [0.717, 1.165) is 22.6 Å². The van der Waals surface area contributed by atoms with Gasteiger partial charge in [0.25, 0.3) is 5.56 Å². The third-order valence-corrected chi connectivity index (χ3v) is 2.67. The smallest absolute Gasteiger partial charge is 0.264 e. The topological polar surface area (TPSA) is 58.9 Å². The summed E-state index contributed by atoms with van der Waals surface area (Å²) < 4.78 is 5.32. The Morgan fingerprint density at radius 2 is 1.72 bits per heavy atom. The van der Waals surface area contributed by atoms with Crippen LogP contribution in [0.25, 0.3) is 22.6 Å². The van der Waals surface area contributed by atoms with Gasteiger partial charge in [0.15, 0.2) is 0 Å². The lowest BCUT2D eigenvalue weighted by atomic mass is 10.1. The number of benzene rings is 1. The lowest BCUT2D eigenvalue weighted by Gasteiger charge is -2.01. The maximum Gasteiger partial charge on any atom is 0.264 e. The maximum atomic E-state index is 10.9. The standard InChI is InChI=1S/C14H10N2O2/c17-14-8-7-12(15-16-14)10-3-5-11(6-4-10)13-2-1-9-18-13/h1-9H,(H,16,17). The summed E-state index contributed by atoms with van der Waals surface area (Å²) in [5, 5.41) is 6.40. The van der Waals surface area contributed by atoms with Gasteiger partial charge in [-0.3, -0.25) is 4.79 Å². The van der Waals surface area contributed by atoms with E-state index in [9.17, 15) is 4.79 Å². The van der Waals surface area contributed by atoms with Gasteiger partial charge in [0.2, 0.25) is 0 Å². The molecule has 2 aromatic heterocycles. The van der Waals surface area contributed by atoms with Crippen LogP contribution in [0.15, 0.2) is 64.0 Å². The SMILES string of the molecule is O=c1ccc(-c2ccc(-c3ccco3)cc2)n[nH]1. The van der Waals surface area contributed by atoms with Crippen LogP contribution >= 0.6 is 0 Å². The van der Waals surface area contributed by atoms with E-state index in [1.165, 1.54) is 6.07 Å². The molecule has 1 aromatic carbocycles. The average Bonchev–Trinajstić information content (AvgIpc) is 2.94. The molecule has 2 heterocycles.